The van der Waals surface area contributed by atoms with Gasteiger partial charge in [0.1, 0.15) is 11.5 Å². The Morgan fingerprint density at radius 3 is 2.36 bits per heavy atom. The highest BCUT2D eigenvalue weighted by Gasteiger charge is 2.14. The van der Waals surface area contributed by atoms with E-state index in [4.69, 9.17) is 14.2 Å². The summed E-state index contributed by atoms with van der Waals surface area (Å²) in [5.74, 6) is 0.319. The molecule has 0 aliphatic carbocycles. The van der Waals surface area contributed by atoms with E-state index in [1.807, 2.05) is 31.2 Å². The molecule has 0 heterocycles. The molecule has 0 fully saturated rings. The third-order valence-electron chi connectivity index (χ3n) is 4.46. The molecule has 0 spiro atoms. The molecule has 0 saturated carbocycles. The number of ether oxygens (including phenoxy) is 3. The number of rotatable bonds is 9. The molecular formula is C22H27NO5. The summed E-state index contributed by atoms with van der Waals surface area (Å²) in [6.45, 7) is 3.66. The summed E-state index contributed by atoms with van der Waals surface area (Å²) in [6, 6.07) is 13.1. The summed E-state index contributed by atoms with van der Waals surface area (Å²) in [5, 5.41) is 2.83. The third-order valence-corrected chi connectivity index (χ3v) is 4.46. The molecule has 0 radical (unpaired) electrons. The van der Waals surface area contributed by atoms with Crippen molar-refractivity contribution in [2.24, 2.45) is 0 Å². The van der Waals surface area contributed by atoms with Crippen LogP contribution in [0.3, 0.4) is 0 Å². The lowest BCUT2D eigenvalue weighted by atomic mass is 10.1. The molecule has 1 amide bonds. The molecule has 2 aromatic rings. The Labute approximate surface area is 165 Å². The quantitative estimate of drug-likeness (QED) is 0.671. The first-order valence-electron chi connectivity index (χ1n) is 9.21. The Kier molecular flexibility index (Phi) is 7.87. The SMILES string of the molecule is CCc1ccc(C(C)NC(=O)COC(=O)Cc2ccc(OC)cc2OC)cc1. The van der Waals surface area contributed by atoms with Gasteiger partial charge in [-0.3, -0.25) is 9.59 Å². The molecule has 6 heteroatoms. The number of carbonyl (C=O) groups is 2. The predicted octanol–water partition coefficient (Wildman–Crippen LogP) is 3.23. The number of hydrogen-bond acceptors (Lipinski definition) is 5. The zero-order valence-electron chi connectivity index (χ0n) is 16.8. The van der Waals surface area contributed by atoms with Crippen molar-refractivity contribution in [2.45, 2.75) is 32.7 Å². The number of nitrogens with one attached hydrogen (secondary N) is 1. The summed E-state index contributed by atoms with van der Waals surface area (Å²) in [6.07, 6.45) is 0.977. The number of carbonyl (C=O) groups excluding carboxylic acids is 2. The number of esters is 1. The monoisotopic (exact) mass is 385 g/mol. The minimum atomic E-state index is -0.501. The van der Waals surface area contributed by atoms with Crippen LogP contribution in [0.5, 0.6) is 11.5 Å². The van der Waals surface area contributed by atoms with E-state index in [-0.39, 0.29) is 25.0 Å². The standard InChI is InChI=1S/C22H27NO5/c1-5-16-6-8-17(9-7-16)15(2)23-21(24)14-28-22(25)12-18-10-11-19(26-3)13-20(18)27-4/h6-11,13,15H,5,12,14H2,1-4H3,(H,23,24). The van der Waals surface area contributed by atoms with E-state index in [1.165, 1.54) is 12.7 Å². The number of hydrogen-bond donors (Lipinski definition) is 1. The maximum Gasteiger partial charge on any atom is 0.310 e. The van der Waals surface area contributed by atoms with Gasteiger partial charge in [0.25, 0.3) is 5.91 Å². The first kappa shape index (κ1) is 21.3. The average Bonchev–Trinajstić information content (AvgIpc) is 2.72. The molecular weight excluding hydrogens is 358 g/mol. The minimum absolute atomic E-state index is 0.00841. The Bertz CT molecular complexity index is 801. The molecule has 28 heavy (non-hydrogen) atoms. The van der Waals surface area contributed by atoms with Crippen LogP contribution in [-0.2, 0) is 27.2 Å². The summed E-state index contributed by atoms with van der Waals surface area (Å²) in [7, 11) is 3.08. The number of aryl methyl sites for hydroxylation is 1. The fourth-order valence-electron chi connectivity index (χ4n) is 2.76. The molecule has 1 atom stereocenters. The summed E-state index contributed by atoms with van der Waals surface area (Å²) in [5.41, 5.74) is 2.91. The third kappa shape index (κ3) is 6.01. The first-order chi connectivity index (χ1) is 13.5. The van der Waals surface area contributed by atoms with E-state index >= 15 is 0 Å². The van der Waals surface area contributed by atoms with E-state index in [9.17, 15) is 9.59 Å². The maximum atomic E-state index is 12.1. The van der Waals surface area contributed by atoms with Crippen LogP contribution < -0.4 is 14.8 Å². The topological polar surface area (TPSA) is 73.9 Å². The number of amides is 1. The van der Waals surface area contributed by atoms with Crippen LogP contribution in [0.2, 0.25) is 0 Å². The van der Waals surface area contributed by atoms with Gasteiger partial charge in [-0.15, -0.1) is 0 Å². The molecule has 0 aromatic heterocycles. The summed E-state index contributed by atoms with van der Waals surface area (Å²) in [4.78, 5) is 24.2. The fourth-order valence-corrected chi connectivity index (χ4v) is 2.76. The van der Waals surface area contributed by atoms with E-state index < -0.39 is 5.97 Å². The second-order valence-electron chi connectivity index (χ2n) is 6.40. The lowest BCUT2D eigenvalue weighted by molar-refractivity contribution is -0.148. The lowest BCUT2D eigenvalue weighted by Crippen LogP contribution is -2.31. The normalized spacial score (nSPS) is 11.4. The smallest absolute Gasteiger partial charge is 0.310 e. The fraction of sp³-hybridized carbons (Fsp3) is 0.364. The molecule has 0 aliphatic heterocycles. The Balaban J connectivity index is 1.84. The van der Waals surface area contributed by atoms with Gasteiger partial charge in [0.15, 0.2) is 6.61 Å². The van der Waals surface area contributed by atoms with E-state index in [2.05, 4.69) is 12.2 Å². The van der Waals surface area contributed by atoms with E-state index in [1.54, 1.807) is 25.3 Å². The van der Waals surface area contributed by atoms with E-state index in [0.29, 0.717) is 17.1 Å². The zero-order valence-corrected chi connectivity index (χ0v) is 16.8. The van der Waals surface area contributed by atoms with Gasteiger partial charge >= 0.3 is 5.97 Å². The van der Waals surface area contributed by atoms with Gasteiger partial charge in [-0.05, 0) is 30.5 Å². The van der Waals surface area contributed by atoms with Crippen molar-refractivity contribution < 1.29 is 23.8 Å². The molecule has 2 rings (SSSR count). The first-order valence-corrected chi connectivity index (χ1v) is 9.21. The van der Waals surface area contributed by atoms with Crippen LogP contribution in [-0.4, -0.2) is 32.7 Å². The number of methoxy groups -OCH3 is 2. The Hall–Kier alpha value is -3.02. The van der Waals surface area contributed by atoms with Crippen LogP contribution in [0.25, 0.3) is 0 Å². The second kappa shape index (κ2) is 10.3. The highest BCUT2D eigenvalue weighted by atomic mass is 16.5. The van der Waals surface area contributed by atoms with Gasteiger partial charge in [0.05, 0.1) is 26.7 Å². The van der Waals surface area contributed by atoms with E-state index in [0.717, 1.165) is 12.0 Å². The van der Waals surface area contributed by atoms with Gasteiger partial charge in [0.2, 0.25) is 0 Å². The lowest BCUT2D eigenvalue weighted by Gasteiger charge is -2.15. The molecule has 1 N–H and O–H groups in total. The van der Waals surface area contributed by atoms with Crippen molar-refractivity contribution in [1.82, 2.24) is 5.32 Å². The summed E-state index contributed by atoms with van der Waals surface area (Å²) >= 11 is 0. The van der Waals surface area contributed by atoms with Crippen LogP contribution >= 0.6 is 0 Å². The molecule has 0 aliphatic rings. The van der Waals surface area contributed by atoms with Crippen molar-refractivity contribution in [3.05, 3.63) is 59.2 Å². The highest BCUT2D eigenvalue weighted by molar-refractivity contribution is 5.81. The Morgan fingerprint density at radius 2 is 1.75 bits per heavy atom. The molecule has 1 unspecified atom stereocenters. The number of benzene rings is 2. The van der Waals surface area contributed by atoms with Crippen LogP contribution in [0.1, 0.15) is 36.6 Å². The van der Waals surface area contributed by atoms with Crippen molar-refractivity contribution >= 4 is 11.9 Å². The minimum Gasteiger partial charge on any atom is -0.497 e. The molecule has 0 saturated heterocycles. The molecule has 6 nitrogen and oxygen atoms in total. The largest absolute Gasteiger partial charge is 0.497 e. The second-order valence-corrected chi connectivity index (χ2v) is 6.40. The van der Waals surface area contributed by atoms with Crippen molar-refractivity contribution in [2.75, 3.05) is 20.8 Å². The summed E-state index contributed by atoms with van der Waals surface area (Å²) < 4.78 is 15.5. The van der Waals surface area contributed by atoms with Crippen LogP contribution in [0.15, 0.2) is 42.5 Å². The zero-order chi connectivity index (χ0) is 20.5. The predicted molar refractivity (Wildman–Crippen MR) is 107 cm³/mol. The van der Waals surface area contributed by atoms with Gasteiger partial charge in [0, 0.05) is 11.6 Å². The van der Waals surface area contributed by atoms with Crippen molar-refractivity contribution in [1.29, 1.82) is 0 Å². The van der Waals surface area contributed by atoms with Gasteiger partial charge in [-0.1, -0.05) is 37.3 Å². The Morgan fingerprint density at radius 1 is 1.04 bits per heavy atom. The molecule has 150 valence electrons. The maximum absolute atomic E-state index is 12.1. The van der Waals surface area contributed by atoms with Gasteiger partial charge in [-0.25, -0.2) is 0 Å². The van der Waals surface area contributed by atoms with Crippen molar-refractivity contribution in [3.63, 3.8) is 0 Å². The van der Waals surface area contributed by atoms with Crippen molar-refractivity contribution in [3.8, 4) is 11.5 Å². The molecule has 2 aromatic carbocycles. The highest BCUT2D eigenvalue weighted by Crippen LogP contribution is 2.25. The van der Waals surface area contributed by atoms with Crippen LogP contribution in [0, 0.1) is 0 Å². The van der Waals surface area contributed by atoms with Crippen LogP contribution in [0.4, 0.5) is 0 Å². The molecule has 0 bridgehead atoms. The van der Waals surface area contributed by atoms with Gasteiger partial charge < -0.3 is 19.5 Å². The van der Waals surface area contributed by atoms with Gasteiger partial charge in [-0.2, -0.15) is 0 Å². The average molecular weight is 385 g/mol.